The third kappa shape index (κ3) is 6.02. The number of hydrogen-bond acceptors (Lipinski definition) is 8. The Bertz CT molecular complexity index is 736. The van der Waals surface area contributed by atoms with E-state index in [1.54, 1.807) is 0 Å². The highest BCUT2D eigenvalue weighted by Crippen LogP contribution is 2.24. The second-order valence-corrected chi connectivity index (χ2v) is 4.85. The number of alkyl halides is 3. The van der Waals surface area contributed by atoms with Crippen molar-refractivity contribution in [3.05, 3.63) is 48.6 Å². The highest BCUT2D eigenvalue weighted by molar-refractivity contribution is 5.50. The molecule has 2 rings (SSSR count). The van der Waals surface area contributed by atoms with Gasteiger partial charge in [0.25, 0.3) is 0 Å². The average Bonchev–Trinajstić information content (AvgIpc) is 2.59. The minimum atomic E-state index is -4.75. The number of halogens is 3. The van der Waals surface area contributed by atoms with Crippen molar-refractivity contribution in [2.24, 2.45) is 11.6 Å². The van der Waals surface area contributed by atoms with E-state index in [1.165, 1.54) is 37.8 Å². The maximum atomic E-state index is 12.1. The molecule has 0 saturated carbocycles. The molecule has 1 aromatic carbocycles. The van der Waals surface area contributed by atoms with E-state index in [9.17, 15) is 13.2 Å². The summed E-state index contributed by atoms with van der Waals surface area (Å²) in [4.78, 5) is 7.81. The van der Waals surface area contributed by atoms with Crippen LogP contribution in [0.2, 0.25) is 0 Å². The van der Waals surface area contributed by atoms with Crippen molar-refractivity contribution >= 4 is 5.69 Å². The van der Waals surface area contributed by atoms with Crippen molar-refractivity contribution < 1.29 is 27.4 Å². The van der Waals surface area contributed by atoms with Crippen LogP contribution >= 0.6 is 0 Å². The zero-order valence-corrected chi connectivity index (χ0v) is 13.6. The van der Waals surface area contributed by atoms with Crippen LogP contribution in [0.1, 0.15) is 0 Å². The van der Waals surface area contributed by atoms with E-state index in [-0.39, 0.29) is 24.1 Å². The van der Waals surface area contributed by atoms with Crippen molar-refractivity contribution in [1.82, 2.24) is 9.97 Å². The predicted octanol–water partition coefficient (Wildman–Crippen LogP) is 1.94. The predicted molar refractivity (Wildman–Crippen MR) is 86.1 cm³/mol. The second-order valence-electron chi connectivity index (χ2n) is 4.85. The Labute approximate surface area is 146 Å². The molecule has 0 saturated heterocycles. The van der Waals surface area contributed by atoms with Gasteiger partial charge >= 0.3 is 12.4 Å². The van der Waals surface area contributed by atoms with E-state index in [0.29, 0.717) is 11.4 Å². The lowest BCUT2D eigenvalue weighted by molar-refractivity contribution is -0.274. The first-order chi connectivity index (χ1) is 12.3. The Kier molecular flexibility index (Phi) is 6.07. The molecular weight excluding hydrogens is 355 g/mol. The van der Waals surface area contributed by atoms with E-state index < -0.39 is 6.36 Å². The van der Waals surface area contributed by atoms with E-state index in [1.807, 2.05) is 0 Å². The summed E-state index contributed by atoms with van der Waals surface area (Å²) in [6, 6.07) is 5.05. The largest absolute Gasteiger partial charge is 0.573 e. The quantitative estimate of drug-likeness (QED) is 0.561. The van der Waals surface area contributed by atoms with E-state index in [4.69, 9.17) is 21.1 Å². The van der Waals surface area contributed by atoms with E-state index in [2.05, 4.69) is 14.7 Å². The van der Waals surface area contributed by atoms with Crippen molar-refractivity contribution in [3.8, 4) is 17.5 Å². The Morgan fingerprint density at radius 3 is 2.31 bits per heavy atom. The molecule has 140 valence electrons. The van der Waals surface area contributed by atoms with Gasteiger partial charge in [0.05, 0.1) is 30.9 Å². The van der Waals surface area contributed by atoms with Crippen molar-refractivity contribution in [2.75, 3.05) is 18.7 Å². The van der Waals surface area contributed by atoms with Gasteiger partial charge in [-0.1, -0.05) is 0 Å². The Balaban J connectivity index is 1.92. The Hall–Kier alpha value is -3.21. The Morgan fingerprint density at radius 2 is 1.77 bits per heavy atom. The van der Waals surface area contributed by atoms with Gasteiger partial charge in [0.15, 0.2) is 5.75 Å². The topological polar surface area (TPSA) is 109 Å². The molecule has 11 heteroatoms. The number of benzene rings is 1. The number of nitrogens with zero attached hydrogens (tertiary/aromatic N) is 3. The van der Waals surface area contributed by atoms with Crippen LogP contribution < -0.4 is 30.8 Å². The number of anilines is 1. The van der Waals surface area contributed by atoms with Gasteiger partial charge in [0.1, 0.15) is 12.4 Å². The van der Waals surface area contributed by atoms with Gasteiger partial charge in [-0.2, -0.15) is 9.97 Å². The molecule has 4 N–H and O–H groups in total. The van der Waals surface area contributed by atoms with Crippen LogP contribution in [0.3, 0.4) is 0 Å². The maximum Gasteiger partial charge on any atom is 0.573 e. The molecule has 0 unspecified atom stereocenters. The summed E-state index contributed by atoms with van der Waals surface area (Å²) in [6.45, 7) is -0.0463. The molecule has 0 aliphatic rings. The minimum Gasteiger partial charge on any atom is -0.494 e. The molecule has 0 amide bonds. The summed E-state index contributed by atoms with van der Waals surface area (Å²) in [6.07, 6.45) is -0.539. The van der Waals surface area contributed by atoms with Gasteiger partial charge in [-0.15, -0.1) is 13.2 Å². The number of hydrazine groups is 1. The van der Waals surface area contributed by atoms with Crippen LogP contribution in [0.15, 0.2) is 48.6 Å². The summed E-state index contributed by atoms with van der Waals surface area (Å²) < 4.78 is 50.4. The lowest BCUT2D eigenvalue weighted by Crippen LogP contribution is -2.27. The number of hydrogen-bond donors (Lipinski definition) is 2. The standard InChI is InChI=1S/C15H16F3N5O3/c1-24-13-6-21-14(22-7-13)25-9-10(19)8-23(20)11-2-4-12(5-3-11)26-15(16,17)18/h2-8H,9,19-20H2,1H3/b10-8-. The fourth-order valence-corrected chi connectivity index (χ4v) is 1.74. The van der Waals surface area contributed by atoms with Crippen LogP contribution in [0, 0.1) is 0 Å². The number of methoxy groups -OCH3 is 1. The maximum absolute atomic E-state index is 12.1. The third-order valence-electron chi connectivity index (χ3n) is 2.88. The van der Waals surface area contributed by atoms with Gasteiger partial charge in [-0.05, 0) is 24.3 Å². The third-order valence-corrected chi connectivity index (χ3v) is 2.88. The number of nitrogens with two attached hydrogens (primary N) is 2. The molecule has 0 bridgehead atoms. The molecule has 2 aromatic rings. The second kappa shape index (κ2) is 8.25. The molecule has 0 atom stereocenters. The number of ether oxygens (including phenoxy) is 3. The van der Waals surface area contributed by atoms with Crippen molar-refractivity contribution in [3.63, 3.8) is 0 Å². The number of rotatable bonds is 7. The highest BCUT2D eigenvalue weighted by atomic mass is 19.4. The fourth-order valence-electron chi connectivity index (χ4n) is 1.74. The van der Waals surface area contributed by atoms with E-state index in [0.717, 1.165) is 17.1 Å². The zero-order chi connectivity index (χ0) is 19.2. The van der Waals surface area contributed by atoms with Crippen molar-refractivity contribution in [2.45, 2.75) is 6.36 Å². The van der Waals surface area contributed by atoms with Crippen LogP contribution in [-0.2, 0) is 0 Å². The molecule has 0 aliphatic heterocycles. The van der Waals surface area contributed by atoms with Crippen LogP contribution in [-0.4, -0.2) is 30.0 Å². The van der Waals surface area contributed by atoms with Crippen molar-refractivity contribution in [1.29, 1.82) is 0 Å². The smallest absolute Gasteiger partial charge is 0.494 e. The minimum absolute atomic E-state index is 0.0463. The van der Waals surface area contributed by atoms with Gasteiger partial charge in [-0.3, -0.25) is 5.01 Å². The van der Waals surface area contributed by atoms with Crippen LogP contribution in [0.4, 0.5) is 18.9 Å². The molecule has 0 spiro atoms. The molecular formula is C15H16F3N5O3. The first kappa shape index (κ1) is 19.1. The summed E-state index contributed by atoms with van der Waals surface area (Å²) in [5.41, 5.74) is 6.42. The van der Waals surface area contributed by atoms with Gasteiger partial charge in [-0.25, -0.2) is 5.84 Å². The SMILES string of the molecule is COc1cnc(OC/C(N)=C/N(N)c2ccc(OC(F)(F)F)cc2)nc1. The molecule has 0 radical (unpaired) electrons. The first-order valence-corrected chi connectivity index (χ1v) is 7.11. The molecule has 0 aliphatic carbocycles. The average molecular weight is 371 g/mol. The fraction of sp³-hybridized carbons (Fsp3) is 0.200. The lowest BCUT2D eigenvalue weighted by Gasteiger charge is -2.16. The molecule has 0 fully saturated rings. The van der Waals surface area contributed by atoms with E-state index >= 15 is 0 Å². The van der Waals surface area contributed by atoms with Crippen LogP contribution in [0.25, 0.3) is 0 Å². The summed E-state index contributed by atoms with van der Waals surface area (Å²) in [5, 5.41) is 1.13. The van der Waals surface area contributed by atoms with Gasteiger partial charge in [0.2, 0.25) is 0 Å². The summed E-state index contributed by atoms with van der Waals surface area (Å²) in [5.74, 6) is 5.91. The first-order valence-electron chi connectivity index (χ1n) is 7.11. The number of aromatic nitrogens is 2. The lowest BCUT2D eigenvalue weighted by atomic mass is 10.3. The monoisotopic (exact) mass is 371 g/mol. The highest BCUT2D eigenvalue weighted by Gasteiger charge is 2.30. The summed E-state index contributed by atoms with van der Waals surface area (Å²) in [7, 11) is 1.48. The molecule has 1 aromatic heterocycles. The normalized spacial score (nSPS) is 11.8. The van der Waals surface area contributed by atoms with Gasteiger partial charge < -0.3 is 19.9 Å². The van der Waals surface area contributed by atoms with Crippen LogP contribution in [0.5, 0.6) is 17.5 Å². The van der Waals surface area contributed by atoms with Gasteiger partial charge in [0, 0.05) is 6.20 Å². The molecule has 1 heterocycles. The Morgan fingerprint density at radius 1 is 1.15 bits per heavy atom. The molecule has 8 nitrogen and oxygen atoms in total. The molecule has 26 heavy (non-hydrogen) atoms. The zero-order valence-electron chi connectivity index (χ0n) is 13.6. The summed E-state index contributed by atoms with van der Waals surface area (Å²) >= 11 is 0.